The van der Waals surface area contributed by atoms with Gasteiger partial charge in [0.1, 0.15) is 5.00 Å². The highest BCUT2D eigenvalue weighted by Crippen LogP contribution is 2.28. The van der Waals surface area contributed by atoms with E-state index < -0.39 is 0 Å². The Kier molecular flexibility index (Phi) is 3.43. The Balaban J connectivity index is 1.88. The zero-order valence-electron chi connectivity index (χ0n) is 8.98. The van der Waals surface area contributed by atoms with Crippen molar-refractivity contribution in [2.24, 2.45) is 5.92 Å². The summed E-state index contributed by atoms with van der Waals surface area (Å²) < 4.78 is 5.17. The lowest BCUT2D eigenvalue weighted by molar-refractivity contribution is 0.139. The molecule has 0 atom stereocenters. The first-order chi connectivity index (χ1) is 7.29. The van der Waals surface area contributed by atoms with Crippen LogP contribution in [0.2, 0.25) is 0 Å². The van der Waals surface area contributed by atoms with Crippen LogP contribution in [0.3, 0.4) is 0 Å². The van der Waals surface area contributed by atoms with Gasteiger partial charge in [0.25, 0.3) is 0 Å². The van der Waals surface area contributed by atoms with Gasteiger partial charge >= 0.3 is 0 Å². The van der Waals surface area contributed by atoms with Gasteiger partial charge in [0.15, 0.2) is 5.13 Å². The van der Waals surface area contributed by atoms with Gasteiger partial charge in [-0.1, -0.05) is 11.3 Å². The van der Waals surface area contributed by atoms with Gasteiger partial charge in [-0.2, -0.15) is 0 Å². The van der Waals surface area contributed by atoms with Crippen molar-refractivity contribution in [3.05, 3.63) is 6.20 Å². The van der Waals surface area contributed by atoms with Crippen molar-refractivity contribution in [2.75, 3.05) is 37.4 Å². The highest BCUT2D eigenvalue weighted by Gasteiger charge is 2.20. The molecule has 0 unspecified atom stereocenters. The highest BCUT2D eigenvalue weighted by molar-refractivity contribution is 7.19. The molecular weight excluding hydrogens is 210 g/mol. The minimum absolute atomic E-state index is 0.712. The van der Waals surface area contributed by atoms with Crippen molar-refractivity contribution in [1.29, 1.82) is 0 Å². The maximum absolute atomic E-state index is 5.67. The quantitative estimate of drug-likeness (QED) is 0.852. The molecule has 2 rings (SSSR count). The first-order valence-corrected chi connectivity index (χ1v) is 6.06. The van der Waals surface area contributed by atoms with E-state index in [1.165, 1.54) is 12.8 Å². The van der Waals surface area contributed by atoms with Crippen LogP contribution in [-0.4, -0.2) is 31.8 Å². The van der Waals surface area contributed by atoms with Gasteiger partial charge in [-0.15, -0.1) is 0 Å². The monoisotopic (exact) mass is 227 g/mol. The standard InChI is InChI=1S/C10H17N3OS/c1-14-7-8-2-4-13(5-3-8)10-12-6-9(11)15-10/h6,8H,2-5,7,11H2,1H3. The fraction of sp³-hybridized carbons (Fsp3) is 0.700. The number of hydrogen-bond acceptors (Lipinski definition) is 5. The lowest BCUT2D eigenvalue weighted by Gasteiger charge is -2.31. The molecule has 0 aliphatic carbocycles. The molecule has 2 heterocycles. The number of aromatic nitrogens is 1. The average Bonchev–Trinajstić information content (AvgIpc) is 2.67. The molecule has 0 saturated carbocycles. The molecule has 5 heteroatoms. The molecule has 4 nitrogen and oxygen atoms in total. The summed E-state index contributed by atoms with van der Waals surface area (Å²) in [5.41, 5.74) is 5.67. The van der Waals surface area contributed by atoms with E-state index in [0.29, 0.717) is 5.92 Å². The number of thiazole rings is 1. The number of methoxy groups -OCH3 is 1. The first kappa shape index (κ1) is 10.7. The highest BCUT2D eigenvalue weighted by atomic mass is 32.1. The Morgan fingerprint density at radius 1 is 1.60 bits per heavy atom. The number of piperidine rings is 1. The predicted octanol–water partition coefficient (Wildman–Crippen LogP) is 1.59. The van der Waals surface area contributed by atoms with E-state index >= 15 is 0 Å². The van der Waals surface area contributed by atoms with Gasteiger partial charge in [0.05, 0.1) is 6.20 Å². The van der Waals surface area contributed by atoms with Gasteiger partial charge in [-0.3, -0.25) is 0 Å². The minimum atomic E-state index is 0.712. The molecule has 1 saturated heterocycles. The van der Waals surface area contributed by atoms with E-state index in [2.05, 4.69) is 9.88 Å². The maximum atomic E-state index is 5.67. The fourth-order valence-corrected chi connectivity index (χ4v) is 2.68. The molecule has 1 aromatic heterocycles. The predicted molar refractivity (Wildman–Crippen MR) is 63.3 cm³/mol. The maximum Gasteiger partial charge on any atom is 0.187 e. The number of rotatable bonds is 3. The Bertz CT molecular complexity index is 307. The number of ether oxygens (including phenoxy) is 1. The molecule has 1 aliphatic rings. The topological polar surface area (TPSA) is 51.4 Å². The smallest absolute Gasteiger partial charge is 0.187 e. The summed E-state index contributed by atoms with van der Waals surface area (Å²) in [6.45, 7) is 3.02. The van der Waals surface area contributed by atoms with Crippen molar-refractivity contribution in [3.63, 3.8) is 0 Å². The molecule has 0 aromatic carbocycles. The normalized spacial score (nSPS) is 18.3. The molecule has 0 radical (unpaired) electrons. The van der Waals surface area contributed by atoms with Gasteiger partial charge in [0, 0.05) is 26.8 Å². The van der Waals surface area contributed by atoms with Crippen LogP contribution >= 0.6 is 11.3 Å². The van der Waals surface area contributed by atoms with Crippen LogP contribution in [0.1, 0.15) is 12.8 Å². The second-order valence-electron chi connectivity index (χ2n) is 3.93. The third-order valence-corrected chi connectivity index (χ3v) is 3.69. The zero-order chi connectivity index (χ0) is 10.7. The number of nitrogens with two attached hydrogens (primary N) is 1. The minimum Gasteiger partial charge on any atom is -0.389 e. The Hall–Kier alpha value is -0.810. The Labute approximate surface area is 94.1 Å². The molecule has 2 N–H and O–H groups in total. The van der Waals surface area contributed by atoms with Crippen LogP contribution in [0, 0.1) is 5.92 Å². The fourth-order valence-electron chi connectivity index (χ4n) is 1.95. The molecule has 15 heavy (non-hydrogen) atoms. The number of hydrogen-bond donors (Lipinski definition) is 1. The van der Waals surface area contributed by atoms with E-state index in [1.54, 1.807) is 24.6 Å². The first-order valence-electron chi connectivity index (χ1n) is 5.25. The summed E-state index contributed by atoms with van der Waals surface area (Å²) in [7, 11) is 1.77. The largest absolute Gasteiger partial charge is 0.389 e. The van der Waals surface area contributed by atoms with Crippen molar-refractivity contribution in [1.82, 2.24) is 4.98 Å². The van der Waals surface area contributed by atoms with Crippen molar-refractivity contribution in [2.45, 2.75) is 12.8 Å². The van der Waals surface area contributed by atoms with E-state index in [0.717, 1.165) is 29.8 Å². The second kappa shape index (κ2) is 4.81. The molecule has 0 bridgehead atoms. The van der Waals surface area contributed by atoms with E-state index in [9.17, 15) is 0 Å². The lowest BCUT2D eigenvalue weighted by atomic mass is 9.98. The summed E-state index contributed by atoms with van der Waals surface area (Å²) in [6, 6.07) is 0. The summed E-state index contributed by atoms with van der Waals surface area (Å²) in [4.78, 5) is 6.61. The van der Waals surface area contributed by atoms with Crippen LogP contribution in [0.15, 0.2) is 6.20 Å². The van der Waals surface area contributed by atoms with Gasteiger partial charge in [-0.05, 0) is 18.8 Å². The van der Waals surface area contributed by atoms with Crippen LogP contribution < -0.4 is 10.6 Å². The van der Waals surface area contributed by atoms with Crippen molar-refractivity contribution in [3.8, 4) is 0 Å². The van der Waals surface area contributed by atoms with E-state index in [1.807, 2.05) is 0 Å². The molecule has 0 spiro atoms. The van der Waals surface area contributed by atoms with Gasteiger partial charge in [0.2, 0.25) is 0 Å². The van der Waals surface area contributed by atoms with E-state index in [-0.39, 0.29) is 0 Å². The van der Waals surface area contributed by atoms with Crippen molar-refractivity contribution < 1.29 is 4.74 Å². The molecule has 1 aromatic rings. The Morgan fingerprint density at radius 3 is 2.87 bits per heavy atom. The van der Waals surface area contributed by atoms with Crippen LogP contribution in [0.5, 0.6) is 0 Å². The number of nitrogen functional groups attached to an aromatic ring is 1. The molecule has 84 valence electrons. The van der Waals surface area contributed by atoms with Crippen LogP contribution in [0.25, 0.3) is 0 Å². The molecular formula is C10H17N3OS. The third-order valence-electron chi connectivity index (χ3n) is 2.80. The number of anilines is 2. The van der Waals surface area contributed by atoms with Crippen molar-refractivity contribution >= 4 is 21.5 Å². The number of nitrogens with zero attached hydrogens (tertiary/aromatic N) is 2. The van der Waals surface area contributed by atoms with Crippen LogP contribution in [0.4, 0.5) is 10.1 Å². The molecule has 1 aliphatic heterocycles. The molecule has 1 fully saturated rings. The van der Waals surface area contributed by atoms with Gasteiger partial charge in [-0.25, -0.2) is 4.98 Å². The second-order valence-corrected chi connectivity index (χ2v) is 4.97. The summed E-state index contributed by atoms with van der Waals surface area (Å²) >= 11 is 1.57. The van der Waals surface area contributed by atoms with Gasteiger partial charge < -0.3 is 15.4 Å². The Morgan fingerprint density at radius 2 is 2.33 bits per heavy atom. The van der Waals surface area contributed by atoms with Crippen LogP contribution in [-0.2, 0) is 4.74 Å². The molecule has 0 amide bonds. The van der Waals surface area contributed by atoms with E-state index in [4.69, 9.17) is 10.5 Å². The lowest BCUT2D eigenvalue weighted by Crippen LogP contribution is -2.34. The third kappa shape index (κ3) is 2.60. The summed E-state index contributed by atoms with van der Waals surface area (Å²) in [5, 5.41) is 1.85. The average molecular weight is 227 g/mol. The zero-order valence-corrected chi connectivity index (χ0v) is 9.80. The summed E-state index contributed by atoms with van der Waals surface area (Å²) in [6.07, 6.45) is 4.11. The summed E-state index contributed by atoms with van der Waals surface area (Å²) in [5.74, 6) is 0.712. The SMILES string of the molecule is COCC1CCN(c2ncc(N)s2)CC1.